The number of H-pyrrole nitrogens is 1. The number of nitrogens with one attached hydrogen (secondary N) is 2. The van der Waals surface area contributed by atoms with Crippen molar-refractivity contribution in [1.82, 2.24) is 25.1 Å². The van der Waals surface area contributed by atoms with E-state index >= 15 is 0 Å². The second-order valence-electron chi connectivity index (χ2n) is 5.72. The third-order valence-corrected chi connectivity index (χ3v) is 4.05. The van der Waals surface area contributed by atoms with Gasteiger partial charge in [-0.25, -0.2) is 15.0 Å². The van der Waals surface area contributed by atoms with Gasteiger partial charge in [0.25, 0.3) is 0 Å². The van der Waals surface area contributed by atoms with Gasteiger partial charge >= 0.3 is 0 Å². The van der Waals surface area contributed by atoms with Crippen molar-refractivity contribution >= 4 is 11.6 Å². The number of hydrogen-bond donors (Lipinski definition) is 2. The van der Waals surface area contributed by atoms with Gasteiger partial charge in [-0.05, 0) is 25.0 Å². The lowest BCUT2D eigenvalue weighted by Gasteiger charge is -2.19. The average molecular weight is 322 g/mol. The number of para-hydroxylation sites is 1. The molecule has 0 atom stereocenters. The molecule has 2 N–H and O–H groups in total. The summed E-state index contributed by atoms with van der Waals surface area (Å²) < 4.78 is 5.39. The van der Waals surface area contributed by atoms with E-state index in [0.717, 1.165) is 43.1 Å². The molecule has 7 heteroatoms. The van der Waals surface area contributed by atoms with Gasteiger partial charge in [-0.2, -0.15) is 5.10 Å². The zero-order valence-corrected chi connectivity index (χ0v) is 13.1. The minimum Gasteiger partial charge on any atom is -0.381 e. The molecule has 4 rings (SSSR count). The van der Waals surface area contributed by atoms with E-state index in [9.17, 15) is 0 Å². The molecule has 0 spiro atoms. The van der Waals surface area contributed by atoms with Crippen LogP contribution in [0.3, 0.4) is 0 Å². The molecule has 7 nitrogen and oxygen atoms in total. The van der Waals surface area contributed by atoms with Crippen LogP contribution in [0.4, 0.5) is 11.6 Å². The highest BCUT2D eigenvalue weighted by atomic mass is 16.5. The van der Waals surface area contributed by atoms with Gasteiger partial charge in [-0.15, -0.1) is 0 Å². The lowest BCUT2D eigenvalue weighted by atomic mass is 10.00. The Kier molecular flexibility index (Phi) is 4.16. The number of aromatic amines is 1. The van der Waals surface area contributed by atoms with Crippen molar-refractivity contribution in [2.75, 3.05) is 18.5 Å². The summed E-state index contributed by atoms with van der Waals surface area (Å²) >= 11 is 0. The highest BCUT2D eigenvalue weighted by molar-refractivity contribution is 5.56. The molecule has 0 amide bonds. The van der Waals surface area contributed by atoms with Crippen molar-refractivity contribution < 1.29 is 4.74 Å². The number of aromatic nitrogens is 5. The summed E-state index contributed by atoms with van der Waals surface area (Å²) in [5, 5.41) is 10.5. The van der Waals surface area contributed by atoms with E-state index in [1.54, 1.807) is 12.4 Å². The first-order chi connectivity index (χ1) is 11.9. The van der Waals surface area contributed by atoms with Gasteiger partial charge in [0, 0.05) is 37.2 Å². The van der Waals surface area contributed by atoms with Crippen LogP contribution in [0.1, 0.15) is 24.6 Å². The average Bonchev–Trinajstić information content (AvgIpc) is 3.14. The lowest BCUT2D eigenvalue weighted by molar-refractivity contribution is 0.0836. The maximum Gasteiger partial charge on any atom is 0.227 e. The fourth-order valence-corrected chi connectivity index (χ4v) is 2.72. The predicted octanol–water partition coefficient (Wildman–Crippen LogP) is 2.90. The van der Waals surface area contributed by atoms with Crippen molar-refractivity contribution in [3.63, 3.8) is 0 Å². The topological polar surface area (TPSA) is 88.6 Å². The van der Waals surface area contributed by atoms with Crippen LogP contribution in [0, 0.1) is 0 Å². The van der Waals surface area contributed by atoms with Crippen molar-refractivity contribution in [2.45, 2.75) is 18.8 Å². The van der Waals surface area contributed by atoms with Crippen molar-refractivity contribution in [3.8, 4) is 11.4 Å². The Hall–Kier alpha value is -2.80. The Balaban J connectivity index is 1.47. The molecule has 2 aromatic heterocycles. The monoisotopic (exact) mass is 322 g/mol. The zero-order valence-electron chi connectivity index (χ0n) is 13.1. The molecule has 0 radical (unpaired) electrons. The molecule has 1 aromatic carbocycles. The molecule has 3 heterocycles. The van der Waals surface area contributed by atoms with Crippen LogP contribution in [-0.2, 0) is 4.74 Å². The first-order valence-electron chi connectivity index (χ1n) is 8.03. The zero-order chi connectivity index (χ0) is 16.2. The summed E-state index contributed by atoms with van der Waals surface area (Å²) in [6.07, 6.45) is 5.42. The minimum absolute atomic E-state index is 0.389. The van der Waals surface area contributed by atoms with E-state index in [1.165, 1.54) is 0 Å². The Bertz CT molecular complexity index is 780. The second-order valence-corrected chi connectivity index (χ2v) is 5.72. The summed E-state index contributed by atoms with van der Waals surface area (Å²) in [4.78, 5) is 13.3. The third-order valence-electron chi connectivity index (χ3n) is 4.05. The van der Waals surface area contributed by atoms with Crippen LogP contribution in [-0.4, -0.2) is 38.4 Å². The Morgan fingerprint density at radius 3 is 2.54 bits per heavy atom. The molecule has 0 unspecified atom stereocenters. The Labute approximate surface area is 139 Å². The SMILES string of the molecule is c1ccc(Nc2ncc(-c3n[nH]c(C4CCOCC4)n3)cn2)cc1. The number of rotatable bonds is 4. The van der Waals surface area contributed by atoms with E-state index in [1.807, 2.05) is 30.3 Å². The normalized spacial score (nSPS) is 15.3. The molecule has 122 valence electrons. The first-order valence-corrected chi connectivity index (χ1v) is 8.03. The van der Waals surface area contributed by atoms with E-state index in [4.69, 9.17) is 4.74 Å². The molecule has 1 aliphatic rings. The van der Waals surface area contributed by atoms with E-state index in [2.05, 4.69) is 30.5 Å². The van der Waals surface area contributed by atoms with Crippen molar-refractivity contribution in [3.05, 3.63) is 48.5 Å². The number of nitrogens with zero attached hydrogens (tertiary/aromatic N) is 4. The number of anilines is 2. The summed E-state index contributed by atoms with van der Waals surface area (Å²) in [5.41, 5.74) is 1.74. The molecular weight excluding hydrogens is 304 g/mol. The molecule has 3 aromatic rings. The quantitative estimate of drug-likeness (QED) is 0.768. The maximum absolute atomic E-state index is 5.39. The number of benzene rings is 1. The summed E-state index contributed by atoms with van der Waals surface area (Å²) in [6, 6.07) is 9.82. The predicted molar refractivity (Wildman–Crippen MR) is 89.9 cm³/mol. The van der Waals surface area contributed by atoms with Crippen molar-refractivity contribution in [1.29, 1.82) is 0 Å². The maximum atomic E-state index is 5.39. The van der Waals surface area contributed by atoms with Crippen LogP contribution in [0.5, 0.6) is 0 Å². The van der Waals surface area contributed by atoms with Gasteiger partial charge < -0.3 is 10.1 Å². The third kappa shape index (κ3) is 3.26. The standard InChI is InChI=1S/C17H18N6O/c1-2-4-14(5-3-1)20-17-18-10-13(11-19-17)16-21-15(22-23-16)12-6-8-24-9-7-12/h1-5,10-12H,6-9H2,(H,18,19,20)(H,21,22,23). The second kappa shape index (κ2) is 6.76. The van der Waals surface area contributed by atoms with E-state index in [0.29, 0.717) is 17.7 Å². The van der Waals surface area contributed by atoms with Crippen LogP contribution in [0.2, 0.25) is 0 Å². The fourth-order valence-electron chi connectivity index (χ4n) is 2.72. The molecule has 0 saturated carbocycles. The summed E-state index contributed by atoms with van der Waals surface area (Å²) in [6.45, 7) is 1.56. The largest absolute Gasteiger partial charge is 0.381 e. The van der Waals surface area contributed by atoms with Gasteiger partial charge in [0.2, 0.25) is 5.95 Å². The fraction of sp³-hybridized carbons (Fsp3) is 0.294. The smallest absolute Gasteiger partial charge is 0.227 e. The highest BCUT2D eigenvalue weighted by Gasteiger charge is 2.20. The molecule has 1 saturated heterocycles. The minimum atomic E-state index is 0.389. The van der Waals surface area contributed by atoms with Crippen LogP contribution < -0.4 is 5.32 Å². The Morgan fingerprint density at radius 2 is 1.79 bits per heavy atom. The van der Waals surface area contributed by atoms with E-state index in [-0.39, 0.29) is 0 Å². The van der Waals surface area contributed by atoms with Crippen LogP contribution in [0.15, 0.2) is 42.7 Å². The van der Waals surface area contributed by atoms with Crippen molar-refractivity contribution in [2.24, 2.45) is 0 Å². The molecule has 24 heavy (non-hydrogen) atoms. The van der Waals surface area contributed by atoms with Gasteiger partial charge in [0.1, 0.15) is 5.82 Å². The lowest BCUT2D eigenvalue weighted by Crippen LogP contribution is -2.15. The Morgan fingerprint density at radius 1 is 1.04 bits per heavy atom. The van der Waals surface area contributed by atoms with Gasteiger partial charge in [-0.1, -0.05) is 18.2 Å². The number of ether oxygens (including phenoxy) is 1. The van der Waals surface area contributed by atoms with Crippen LogP contribution >= 0.6 is 0 Å². The summed E-state index contributed by atoms with van der Waals surface area (Å²) in [7, 11) is 0. The van der Waals surface area contributed by atoms with Gasteiger partial charge in [0.15, 0.2) is 5.82 Å². The molecule has 1 aliphatic heterocycles. The van der Waals surface area contributed by atoms with Gasteiger partial charge in [0.05, 0.1) is 5.56 Å². The van der Waals surface area contributed by atoms with Gasteiger partial charge in [-0.3, -0.25) is 5.10 Å². The molecule has 0 aliphatic carbocycles. The van der Waals surface area contributed by atoms with E-state index < -0.39 is 0 Å². The molecule has 0 bridgehead atoms. The summed E-state index contributed by atoms with van der Waals surface area (Å²) in [5.74, 6) is 2.48. The highest BCUT2D eigenvalue weighted by Crippen LogP contribution is 2.25. The first kappa shape index (κ1) is 14.8. The van der Waals surface area contributed by atoms with Crippen LogP contribution in [0.25, 0.3) is 11.4 Å². The number of hydrogen-bond acceptors (Lipinski definition) is 6. The molecular formula is C17H18N6O. The molecule has 1 fully saturated rings.